The van der Waals surface area contributed by atoms with Gasteiger partial charge in [-0.2, -0.15) is 0 Å². The van der Waals surface area contributed by atoms with E-state index in [4.69, 9.17) is 14.2 Å². The van der Waals surface area contributed by atoms with Crippen LogP contribution in [0.1, 0.15) is 290 Å². The smallest absolute Gasteiger partial charge is 0.306 e. The Hall–Kier alpha value is -2.45. The van der Waals surface area contributed by atoms with Crippen LogP contribution < -0.4 is 5.11 Å². The summed E-state index contributed by atoms with van der Waals surface area (Å²) in [6.45, 7) is 4.70. The molecule has 0 spiro atoms. The van der Waals surface area contributed by atoms with Gasteiger partial charge in [0.15, 0.2) is 6.10 Å². The van der Waals surface area contributed by atoms with Crippen molar-refractivity contribution in [3.05, 3.63) is 36.5 Å². The van der Waals surface area contributed by atoms with Crippen molar-refractivity contribution in [2.45, 2.75) is 302 Å². The fourth-order valence-corrected chi connectivity index (χ4v) is 9.10. The number of hydrogen-bond donors (Lipinski definition) is 0. The second-order valence-corrected chi connectivity index (χ2v) is 21.6. The molecule has 0 N–H and O–H groups in total. The lowest BCUT2D eigenvalue weighted by Gasteiger charge is -2.34. The number of carbonyl (C=O) groups excluding carboxylic acids is 3. The molecule has 2 atom stereocenters. The summed E-state index contributed by atoms with van der Waals surface area (Å²) in [5.74, 6) is -1.73. The summed E-state index contributed by atoms with van der Waals surface area (Å²) in [6.07, 6.45) is 64.8. The van der Waals surface area contributed by atoms with Crippen LogP contribution in [0, 0.1) is 0 Å². The molecule has 70 heavy (non-hydrogen) atoms. The second kappa shape index (κ2) is 52.9. The predicted octanol–water partition coefficient (Wildman–Crippen LogP) is 16.8. The van der Waals surface area contributed by atoms with E-state index in [0.29, 0.717) is 12.8 Å². The van der Waals surface area contributed by atoms with Crippen molar-refractivity contribution < 1.29 is 38.2 Å². The van der Waals surface area contributed by atoms with Crippen molar-refractivity contribution in [2.75, 3.05) is 41.0 Å². The molecule has 8 heteroatoms. The Balaban J connectivity index is 4.16. The highest BCUT2D eigenvalue weighted by molar-refractivity contribution is 5.70. The van der Waals surface area contributed by atoms with Crippen LogP contribution in [-0.4, -0.2) is 75.5 Å². The summed E-state index contributed by atoms with van der Waals surface area (Å²) in [4.78, 5) is 37.2. The van der Waals surface area contributed by atoms with E-state index in [2.05, 4.69) is 50.3 Å². The van der Waals surface area contributed by atoms with Crippen LogP contribution in [0.15, 0.2) is 36.5 Å². The topological polar surface area (TPSA) is 102 Å². The maximum atomic E-state index is 12.8. The Morgan fingerprint density at radius 3 is 1.11 bits per heavy atom. The number of carboxylic acids is 1. The molecule has 0 rings (SSSR count). The van der Waals surface area contributed by atoms with Crippen LogP contribution in [0.5, 0.6) is 0 Å². The molecule has 410 valence electrons. The van der Waals surface area contributed by atoms with Crippen molar-refractivity contribution in [2.24, 2.45) is 0 Å². The number of ether oxygens (including phenoxy) is 3. The molecule has 0 fully saturated rings. The number of hydrogen-bond acceptors (Lipinski definition) is 7. The van der Waals surface area contributed by atoms with Crippen LogP contribution in [0.25, 0.3) is 0 Å². The molecule has 0 saturated carbocycles. The summed E-state index contributed by atoms with van der Waals surface area (Å²) >= 11 is 0. The average Bonchev–Trinajstić information content (AvgIpc) is 3.33. The Morgan fingerprint density at radius 1 is 0.429 bits per heavy atom. The van der Waals surface area contributed by atoms with E-state index in [-0.39, 0.29) is 42.7 Å². The molecule has 8 nitrogen and oxygen atoms in total. The number of esters is 2. The summed E-state index contributed by atoms with van der Waals surface area (Å²) in [5.41, 5.74) is 0. The fourth-order valence-electron chi connectivity index (χ4n) is 9.10. The van der Waals surface area contributed by atoms with Gasteiger partial charge in [-0.1, -0.05) is 237 Å². The molecule has 2 unspecified atom stereocenters. The average molecular weight is 987 g/mol. The summed E-state index contributed by atoms with van der Waals surface area (Å²) in [5, 5.41) is 11.7. The van der Waals surface area contributed by atoms with Gasteiger partial charge in [0.1, 0.15) is 12.6 Å². The highest BCUT2D eigenvalue weighted by Crippen LogP contribution is 2.16. The number of quaternary nitrogens is 1. The van der Waals surface area contributed by atoms with Crippen LogP contribution >= 0.6 is 0 Å². The van der Waals surface area contributed by atoms with E-state index in [9.17, 15) is 19.5 Å². The summed E-state index contributed by atoms with van der Waals surface area (Å²) in [6, 6.07) is -0.729. The molecule has 0 aliphatic heterocycles. The molecule has 0 heterocycles. The molecule has 0 amide bonds. The zero-order chi connectivity index (χ0) is 51.3. The van der Waals surface area contributed by atoms with Crippen molar-refractivity contribution >= 4 is 17.9 Å². The monoisotopic (exact) mass is 986 g/mol. The van der Waals surface area contributed by atoms with E-state index in [1.807, 2.05) is 21.1 Å². The molecule has 0 aromatic carbocycles. The minimum Gasteiger partial charge on any atom is -0.544 e. The summed E-state index contributed by atoms with van der Waals surface area (Å²) in [7, 11) is 5.43. The number of allylic oxidation sites excluding steroid dienone is 6. The largest absolute Gasteiger partial charge is 0.544 e. The first-order valence-corrected chi connectivity index (χ1v) is 30.0. The Labute approximate surface area is 434 Å². The Kier molecular flexibility index (Phi) is 51.0. The van der Waals surface area contributed by atoms with Crippen molar-refractivity contribution in [3.8, 4) is 0 Å². The molecule has 0 aliphatic rings. The first-order valence-electron chi connectivity index (χ1n) is 30.0. The van der Waals surface area contributed by atoms with Crippen molar-refractivity contribution in [1.29, 1.82) is 0 Å². The first-order chi connectivity index (χ1) is 34.1. The standard InChI is InChI=1S/C62H115NO7/c1-6-8-10-12-14-16-18-20-22-24-26-28-30-32-34-36-38-40-42-44-46-48-50-52-60(64)69-57-58(56-68-55-54-59(62(66)67)63(3,4)5)70-61(65)53-51-49-47-45-43-41-39-37-35-33-31-29-27-25-23-21-19-17-15-13-11-9-7-2/h26,28,32-35,58-59H,6-25,27,29-31,36-57H2,1-5H3/b28-26+,34-32+,35-33+. The number of unbranched alkanes of at least 4 members (excludes halogenated alkanes) is 35. The molecule has 0 radical (unpaired) electrons. The Bertz CT molecular complexity index is 1240. The van der Waals surface area contributed by atoms with E-state index < -0.39 is 18.1 Å². The van der Waals surface area contributed by atoms with Crippen LogP contribution in [0.2, 0.25) is 0 Å². The van der Waals surface area contributed by atoms with Gasteiger partial charge in [-0.05, 0) is 70.6 Å². The van der Waals surface area contributed by atoms with Crippen molar-refractivity contribution in [3.63, 3.8) is 0 Å². The summed E-state index contributed by atoms with van der Waals surface area (Å²) < 4.78 is 17.3. The molecular formula is C62H115NO7. The number of rotatable bonds is 55. The van der Waals surface area contributed by atoms with Gasteiger partial charge >= 0.3 is 11.9 Å². The van der Waals surface area contributed by atoms with Gasteiger partial charge < -0.3 is 28.6 Å². The number of nitrogens with zero attached hydrogens (tertiary/aromatic N) is 1. The first kappa shape index (κ1) is 67.5. The molecule has 0 saturated heterocycles. The fraction of sp³-hybridized carbons (Fsp3) is 0.855. The van der Waals surface area contributed by atoms with Crippen LogP contribution in [0.3, 0.4) is 0 Å². The number of likely N-dealkylation sites (N-methyl/N-ethyl adjacent to an activating group) is 1. The zero-order valence-corrected chi connectivity index (χ0v) is 47.0. The minimum absolute atomic E-state index is 0.0385. The lowest BCUT2D eigenvalue weighted by molar-refractivity contribution is -0.889. The minimum atomic E-state index is -1.12. The lowest BCUT2D eigenvalue weighted by Crippen LogP contribution is -2.55. The predicted molar refractivity (Wildman–Crippen MR) is 296 cm³/mol. The normalized spacial score (nSPS) is 13.0. The van der Waals surface area contributed by atoms with E-state index in [1.165, 1.54) is 205 Å². The molecule has 0 aromatic rings. The maximum Gasteiger partial charge on any atom is 0.306 e. The molecule has 0 aromatic heterocycles. The highest BCUT2D eigenvalue weighted by atomic mass is 16.6. The molecule has 0 aliphatic carbocycles. The maximum absolute atomic E-state index is 12.8. The van der Waals surface area contributed by atoms with Crippen LogP contribution in [-0.2, 0) is 28.6 Å². The third-order valence-electron chi connectivity index (χ3n) is 13.7. The molecular weight excluding hydrogens is 871 g/mol. The van der Waals surface area contributed by atoms with E-state index in [1.54, 1.807) is 0 Å². The Morgan fingerprint density at radius 2 is 0.757 bits per heavy atom. The van der Waals surface area contributed by atoms with Crippen LogP contribution in [0.4, 0.5) is 0 Å². The van der Waals surface area contributed by atoms with Gasteiger partial charge in [0, 0.05) is 19.3 Å². The van der Waals surface area contributed by atoms with Gasteiger partial charge in [0.25, 0.3) is 0 Å². The third kappa shape index (κ3) is 50.5. The quantitative estimate of drug-likeness (QED) is 0.0259. The van der Waals surface area contributed by atoms with E-state index in [0.717, 1.165) is 51.4 Å². The van der Waals surface area contributed by atoms with Gasteiger partial charge in [-0.25, -0.2) is 0 Å². The van der Waals surface area contributed by atoms with Gasteiger partial charge in [0.05, 0.1) is 40.3 Å². The van der Waals surface area contributed by atoms with Crippen molar-refractivity contribution in [1.82, 2.24) is 0 Å². The van der Waals surface area contributed by atoms with Gasteiger partial charge in [-0.3, -0.25) is 9.59 Å². The number of aliphatic carboxylic acids is 1. The lowest BCUT2D eigenvalue weighted by atomic mass is 10.0. The van der Waals surface area contributed by atoms with Gasteiger partial charge in [-0.15, -0.1) is 0 Å². The zero-order valence-electron chi connectivity index (χ0n) is 47.0. The molecule has 0 bridgehead atoms. The SMILES string of the molecule is CCCCCCCCCCC/C=C/C/C=C/CCCCCCCCCC(=O)OCC(COCCC(C(=O)[O-])[N+](C)(C)C)OC(=O)CCCCCCCCC/C=C/CCCCCCCCCCCCCC. The highest BCUT2D eigenvalue weighted by Gasteiger charge is 2.25. The van der Waals surface area contributed by atoms with E-state index >= 15 is 0 Å². The number of carboxylic acid groups (broad SMARTS) is 1. The second-order valence-electron chi connectivity index (χ2n) is 21.6. The van der Waals surface area contributed by atoms with Gasteiger partial charge in [0.2, 0.25) is 0 Å². The third-order valence-corrected chi connectivity index (χ3v) is 13.7. The number of carbonyl (C=O) groups is 3.